The zero-order chi connectivity index (χ0) is 23.9. The topological polar surface area (TPSA) is 118 Å². The molecule has 0 spiro atoms. The summed E-state index contributed by atoms with van der Waals surface area (Å²) in [5, 5.41) is 21.0. The van der Waals surface area contributed by atoms with E-state index in [9.17, 15) is 9.90 Å². The van der Waals surface area contributed by atoms with Crippen molar-refractivity contribution in [3.05, 3.63) is 70.8 Å². The van der Waals surface area contributed by atoms with Crippen molar-refractivity contribution in [3.8, 4) is 5.75 Å². The second-order valence-electron chi connectivity index (χ2n) is 8.01. The quantitative estimate of drug-likeness (QED) is 0.171. The van der Waals surface area contributed by atoms with Gasteiger partial charge in [-0.3, -0.25) is 5.41 Å². The van der Waals surface area contributed by atoms with Crippen LogP contribution in [0.3, 0.4) is 0 Å². The zero-order valence-corrected chi connectivity index (χ0v) is 19.2. The van der Waals surface area contributed by atoms with E-state index in [0.717, 1.165) is 23.1 Å². The van der Waals surface area contributed by atoms with Crippen molar-refractivity contribution in [2.24, 2.45) is 5.73 Å². The first-order valence-electron chi connectivity index (χ1n) is 10.5. The van der Waals surface area contributed by atoms with Gasteiger partial charge in [-0.15, -0.1) is 0 Å². The van der Waals surface area contributed by atoms with Crippen LogP contribution >= 0.6 is 0 Å². The van der Waals surface area contributed by atoms with Crippen LogP contribution in [0.25, 0.3) is 0 Å². The van der Waals surface area contributed by atoms with Crippen LogP contribution < -0.4 is 15.8 Å². The molecule has 0 aromatic heterocycles. The predicted molar refractivity (Wildman–Crippen MR) is 128 cm³/mol. The van der Waals surface area contributed by atoms with E-state index in [1.165, 1.54) is 0 Å². The van der Waals surface area contributed by atoms with Gasteiger partial charge in [-0.1, -0.05) is 25.1 Å². The van der Waals surface area contributed by atoms with Gasteiger partial charge in [0.2, 0.25) is 0 Å². The molecule has 172 valence electrons. The highest BCUT2D eigenvalue weighted by Gasteiger charge is 2.39. The van der Waals surface area contributed by atoms with Gasteiger partial charge in [0, 0.05) is 23.9 Å². The zero-order valence-electron chi connectivity index (χ0n) is 19.2. The Labute approximate surface area is 189 Å². The lowest BCUT2D eigenvalue weighted by molar-refractivity contribution is -0.142. The van der Waals surface area contributed by atoms with Gasteiger partial charge < -0.3 is 25.6 Å². The first-order valence-corrected chi connectivity index (χ1v) is 10.5. The summed E-state index contributed by atoms with van der Waals surface area (Å²) in [4.78, 5) is 12.6. The summed E-state index contributed by atoms with van der Waals surface area (Å²) >= 11 is 0. The van der Waals surface area contributed by atoms with E-state index >= 15 is 0 Å². The van der Waals surface area contributed by atoms with Gasteiger partial charge in [0.15, 0.2) is 5.54 Å². The second kappa shape index (κ2) is 10.8. The first kappa shape index (κ1) is 24.9. The summed E-state index contributed by atoms with van der Waals surface area (Å²) in [7, 11) is 1.59. The Kier molecular flexibility index (Phi) is 8.43. The monoisotopic (exact) mass is 439 g/mol. The summed E-state index contributed by atoms with van der Waals surface area (Å²) in [6.07, 6.45) is 1.32. The molecule has 2 rings (SSSR count). The fraction of sp³-hybridized carbons (Fsp3) is 0.360. The maximum absolute atomic E-state index is 12.6. The third-order valence-corrected chi connectivity index (χ3v) is 5.22. The number of carboxylic acid groups (broad SMARTS) is 1. The lowest BCUT2D eigenvalue weighted by atomic mass is 9.86. The number of rotatable bonds is 12. The van der Waals surface area contributed by atoms with Crippen LogP contribution in [0.4, 0.5) is 5.69 Å². The standard InChI is InChI=1S/C25H33N3O4/c1-6-17-14-19(13-16(2)3)22(32-12-11-31-5)21(15-17)25(4,24(29)30)28-20-9-7-18(8-10-20)23(26)27/h7-10,14-15,28H,2,6,11-13H2,1,3-5H3,(H3,26,27)(H,29,30). The smallest absolute Gasteiger partial charge is 0.333 e. The molecule has 0 bridgehead atoms. The van der Waals surface area contributed by atoms with Gasteiger partial charge in [-0.25, -0.2) is 4.79 Å². The van der Waals surface area contributed by atoms with Crippen molar-refractivity contribution < 1.29 is 19.4 Å². The number of aryl methyl sites for hydroxylation is 1. The van der Waals surface area contributed by atoms with Crippen molar-refractivity contribution in [1.29, 1.82) is 5.41 Å². The number of aliphatic carboxylic acids is 1. The second-order valence-corrected chi connectivity index (χ2v) is 8.01. The molecule has 0 aliphatic rings. The maximum Gasteiger partial charge on any atom is 0.333 e. The summed E-state index contributed by atoms with van der Waals surface area (Å²) in [6, 6.07) is 10.7. The number of nitrogens with two attached hydrogens (primary N) is 1. The van der Waals surface area contributed by atoms with Crippen LogP contribution in [0.1, 0.15) is 43.0 Å². The summed E-state index contributed by atoms with van der Waals surface area (Å²) in [5.41, 5.74) is 8.59. The van der Waals surface area contributed by atoms with Crippen LogP contribution in [0.5, 0.6) is 5.75 Å². The molecule has 7 nitrogen and oxygen atoms in total. The average molecular weight is 440 g/mol. The molecule has 0 amide bonds. The molecule has 32 heavy (non-hydrogen) atoms. The van der Waals surface area contributed by atoms with E-state index in [4.69, 9.17) is 20.6 Å². The van der Waals surface area contributed by atoms with Gasteiger partial charge in [0.1, 0.15) is 18.2 Å². The Hall–Kier alpha value is -3.32. The Morgan fingerprint density at radius 3 is 2.41 bits per heavy atom. The minimum absolute atomic E-state index is 0.0496. The number of nitrogen functional groups attached to an aromatic ring is 1. The van der Waals surface area contributed by atoms with Crippen LogP contribution in [-0.4, -0.2) is 37.2 Å². The molecular formula is C25H33N3O4. The third-order valence-electron chi connectivity index (χ3n) is 5.22. The number of nitrogens with one attached hydrogen (secondary N) is 2. The average Bonchev–Trinajstić information content (AvgIpc) is 2.74. The molecule has 7 heteroatoms. The lowest BCUT2D eigenvalue weighted by Crippen LogP contribution is -2.41. The van der Waals surface area contributed by atoms with Crippen molar-refractivity contribution in [2.75, 3.05) is 25.6 Å². The van der Waals surface area contributed by atoms with Crippen molar-refractivity contribution >= 4 is 17.5 Å². The maximum atomic E-state index is 12.6. The number of hydrogen-bond acceptors (Lipinski definition) is 5. The number of ether oxygens (including phenoxy) is 2. The van der Waals surface area contributed by atoms with Crippen molar-refractivity contribution in [3.63, 3.8) is 0 Å². The highest BCUT2D eigenvalue weighted by Crippen LogP contribution is 2.38. The summed E-state index contributed by atoms with van der Waals surface area (Å²) in [6.45, 7) is 10.3. The molecule has 0 radical (unpaired) electrons. The molecule has 2 aromatic rings. The highest BCUT2D eigenvalue weighted by molar-refractivity contribution is 5.95. The Morgan fingerprint density at radius 2 is 1.91 bits per heavy atom. The number of carbonyl (C=O) groups is 1. The van der Waals surface area contributed by atoms with E-state index in [0.29, 0.717) is 42.2 Å². The largest absolute Gasteiger partial charge is 0.490 e. The fourth-order valence-corrected chi connectivity index (χ4v) is 3.44. The summed E-state index contributed by atoms with van der Waals surface area (Å²) < 4.78 is 11.2. The number of anilines is 1. The van der Waals surface area contributed by atoms with Gasteiger partial charge in [-0.2, -0.15) is 0 Å². The van der Waals surface area contributed by atoms with E-state index in [1.54, 1.807) is 38.3 Å². The minimum atomic E-state index is -1.48. The third kappa shape index (κ3) is 5.88. The highest BCUT2D eigenvalue weighted by atomic mass is 16.5. The first-order chi connectivity index (χ1) is 15.1. The molecule has 0 fully saturated rings. The van der Waals surface area contributed by atoms with Gasteiger partial charge >= 0.3 is 5.97 Å². The van der Waals surface area contributed by atoms with E-state index < -0.39 is 11.5 Å². The Morgan fingerprint density at radius 1 is 1.25 bits per heavy atom. The number of benzene rings is 2. The number of carboxylic acids is 1. The van der Waals surface area contributed by atoms with Gasteiger partial charge in [0.05, 0.1) is 6.61 Å². The Balaban J connectivity index is 2.63. The van der Waals surface area contributed by atoms with E-state index in [-0.39, 0.29) is 5.84 Å². The van der Waals surface area contributed by atoms with Crippen LogP contribution in [-0.2, 0) is 27.9 Å². The van der Waals surface area contributed by atoms with Gasteiger partial charge in [-0.05, 0) is 68.1 Å². The van der Waals surface area contributed by atoms with Gasteiger partial charge in [0.25, 0.3) is 0 Å². The molecule has 0 aliphatic carbocycles. The Bertz CT molecular complexity index is 985. The molecular weight excluding hydrogens is 406 g/mol. The minimum Gasteiger partial charge on any atom is -0.490 e. The number of allylic oxidation sites excluding steroid dienone is 1. The summed E-state index contributed by atoms with van der Waals surface area (Å²) in [5.74, 6) is -0.564. The number of hydrogen-bond donors (Lipinski definition) is 4. The molecule has 0 saturated heterocycles. The molecule has 2 aromatic carbocycles. The van der Waals surface area contributed by atoms with Crippen LogP contribution in [0.2, 0.25) is 0 Å². The van der Waals surface area contributed by atoms with E-state index in [1.807, 2.05) is 26.0 Å². The molecule has 5 N–H and O–H groups in total. The molecule has 1 atom stereocenters. The number of amidine groups is 1. The SMILES string of the molecule is C=C(C)Cc1cc(CC)cc(C(C)(Nc2ccc(C(=N)N)cc2)C(=O)O)c1OCCOC. The fourth-order valence-electron chi connectivity index (χ4n) is 3.44. The normalized spacial score (nSPS) is 12.6. The lowest BCUT2D eigenvalue weighted by Gasteiger charge is -2.31. The number of methoxy groups -OCH3 is 1. The van der Waals surface area contributed by atoms with Crippen LogP contribution in [0, 0.1) is 5.41 Å². The molecule has 1 unspecified atom stereocenters. The molecule has 0 saturated carbocycles. The van der Waals surface area contributed by atoms with Crippen molar-refractivity contribution in [1.82, 2.24) is 0 Å². The predicted octanol–water partition coefficient (Wildman–Crippen LogP) is 4.09. The van der Waals surface area contributed by atoms with Crippen molar-refractivity contribution in [2.45, 2.75) is 39.2 Å². The van der Waals surface area contributed by atoms with Crippen LogP contribution in [0.15, 0.2) is 48.6 Å². The van der Waals surface area contributed by atoms with E-state index in [2.05, 4.69) is 11.9 Å². The molecule has 0 aliphatic heterocycles. The molecule has 0 heterocycles.